The first-order valence-corrected chi connectivity index (χ1v) is 12.2. The fourth-order valence-corrected chi connectivity index (χ4v) is 4.27. The number of benzene rings is 2. The minimum Gasteiger partial charge on any atom is -0.449 e. The second-order valence-corrected chi connectivity index (χ2v) is 9.61. The zero-order chi connectivity index (χ0) is 23.3. The fourth-order valence-electron chi connectivity index (χ4n) is 2.77. The second-order valence-electron chi connectivity index (χ2n) is 6.86. The van der Waals surface area contributed by atoms with Crippen LogP contribution in [0, 0.1) is 0 Å². The third-order valence-electron chi connectivity index (χ3n) is 4.69. The van der Waals surface area contributed by atoms with Crippen molar-refractivity contribution in [1.82, 2.24) is 9.71 Å². The molecule has 2 N–H and O–H groups in total. The average molecular weight is 474 g/mol. The molecular weight excluding hydrogens is 450 g/mol. The van der Waals surface area contributed by atoms with Crippen molar-refractivity contribution in [1.29, 1.82) is 0 Å². The van der Waals surface area contributed by atoms with Crippen molar-refractivity contribution >= 4 is 38.4 Å². The lowest BCUT2D eigenvalue weighted by Crippen LogP contribution is -2.30. The van der Waals surface area contributed by atoms with Crippen molar-refractivity contribution in [3.05, 3.63) is 65.0 Å². The van der Waals surface area contributed by atoms with Gasteiger partial charge < -0.3 is 4.74 Å². The summed E-state index contributed by atoms with van der Waals surface area (Å²) >= 11 is 1.27. The summed E-state index contributed by atoms with van der Waals surface area (Å²) < 4.78 is 31.2. The number of nitrogens with one attached hydrogen (secondary N) is 2. The van der Waals surface area contributed by atoms with Gasteiger partial charge in [0.05, 0.1) is 16.2 Å². The Morgan fingerprint density at radius 3 is 2.53 bits per heavy atom. The van der Waals surface area contributed by atoms with Crippen LogP contribution < -0.4 is 10.0 Å². The highest BCUT2D eigenvalue weighted by Crippen LogP contribution is 2.25. The van der Waals surface area contributed by atoms with Gasteiger partial charge in [0.2, 0.25) is 10.0 Å². The smallest absolute Gasteiger partial charge is 0.338 e. The predicted octanol–water partition coefficient (Wildman–Crippen LogP) is 3.46. The maximum Gasteiger partial charge on any atom is 0.338 e. The minimum atomic E-state index is -3.71. The first-order chi connectivity index (χ1) is 15.2. The van der Waals surface area contributed by atoms with Crippen LogP contribution >= 0.6 is 11.3 Å². The number of ether oxygens (including phenoxy) is 1. The van der Waals surface area contributed by atoms with E-state index in [1.807, 2.05) is 29.6 Å². The molecule has 1 atom stereocenters. The van der Waals surface area contributed by atoms with Crippen molar-refractivity contribution < 1.29 is 22.7 Å². The molecule has 0 fully saturated rings. The molecule has 1 aromatic heterocycles. The third-order valence-corrected chi connectivity index (χ3v) is 6.86. The summed E-state index contributed by atoms with van der Waals surface area (Å²) in [5, 5.41) is 4.86. The lowest BCUT2D eigenvalue weighted by molar-refractivity contribution is -0.123. The molecule has 2 aromatic carbocycles. The predicted molar refractivity (Wildman–Crippen MR) is 123 cm³/mol. The summed E-state index contributed by atoms with van der Waals surface area (Å²) in [6.07, 6.45) is -0.159. The van der Waals surface area contributed by atoms with Crippen LogP contribution in [0.25, 0.3) is 11.3 Å². The van der Waals surface area contributed by atoms with Crippen LogP contribution in [0.5, 0.6) is 0 Å². The fraction of sp³-hybridized carbons (Fsp3) is 0.227. The number of thiazole rings is 1. The summed E-state index contributed by atoms with van der Waals surface area (Å²) in [6, 6.07) is 13.4. The summed E-state index contributed by atoms with van der Waals surface area (Å²) in [7, 11) is -2.43. The van der Waals surface area contributed by atoms with Gasteiger partial charge in [-0.3, -0.25) is 10.1 Å². The Morgan fingerprint density at radius 1 is 1.16 bits per heavy atom. The van der Waals surface area contributed by atoms with Gasteiger partial charge in [-0.15, -0.1) is 11.3 Å². The van der Waals surface area contributed by atoms with Gasteiger partial charge in [0.25, 0.3) is 5.91 Å². The number of hydrogen-bond donors (Lipinski definition) is 2. The van der Waals surface area contributed by atoms with Crippen LogP contribution in [-0.2, 0) is 26.0 Å². The Hall–Kier alpha value is -3.08. The number of nitrogens with zero attached hydrogens (tertiary/aromatic N) is 1. The number of aromatic nitrogens is 1. The monoisotopic (exact) mass is 473 g/mol. The van der Waals surface area contributed by atoms with E-state index in [0.717, 1.165) is 17.7 Å². The molecule has 0 aliphatic heterocycles. The van der Waals surface area contributed by atoms with E-state index in [9.17, 15) is 18.0 Å². The van der Waals surface area contributed by atoms with Crippen molar-refractivity contribution in [3.8, 4) is 11.3 Å². The highest BCUT2D eigenvalue weighted by molar-refractivity contribution is 7.89. The lowest BCUT2D eigenvalue weighted by atomic mass is 10.1. The van der Waals surface area contributed by atoms with E-state index < -0.39 is 28.0 Å². The maximum atomic E-state index is 12.5. The lowest BCUT2D eigenvalue weighted by Gasteiger charge is -2.13. The van der Waals surface area contributed by atoms with Crippen molar-refractivity contribution in [2.75, 3.05) is 12.4 Å². The molecule has 8 nitrogen and oxygen atoms in total. The van der Waals surface area contributed by atoms with Crippen LogP contribution in [0.1, 0.15) is 29.8 Å². The first kappa shape index (κ1) is 23.6. The van der Waals surface area contributed by atoms with Gasteiger partial charge >= 0.3 is 5.97 Å². The van der Waals surface area contributed by atoms with Crippen LogP contribution in [0.4, 0.5) is 5.13 Å². The molecule has 0 saturated carbocycles. The van der Waals surface area contributed by atoms with E-state index in [4.69, 9.17) is 4.74 Å². The number of anilines is 1. The van der Waals surface area contributed by atoms with Crippen molar-refractivity contribution in [3.63, 3.8) is 0 Å². The molecule has 0 radical (unpaired) electrons. The van der Waals surface area contributed by atoms with E-state index >= 15 is 0 Å². The van der Waals surface area contributed by atoms with Gasteiger partial charge in [-0.05, 0) is 44.2 Å². The van der Waals surface area contributed by atoms with E-state index in [-0.39, 0.29) is 10.5 Å². The van der Waals surface area contributed by atoms with Crippen LogP contribution in [0.2, 0.25) is 0 Å². The Balaban J connectivity index is 1.63. The third kappa shape index (κ3) is 5.58. The van der Waals surface area contributed by atoms with Crippen LogP contribution in [0.3, 0.4) is 0 Å². The zero-order valence-corrected chi connectivity index (χ0v) is 19.4. The van der Waals surface area contributed by atoms with Gasteiger partial charge in [-0.25, -0.2) is 22.9 Å². The second kappa shape index (κ2) is 10.0. The Morgan fingerprint density at radius 2 is 1.88 bits per heavy atom. The molecule has 1 amide bonds. The van der Waals surface area contributed by atoms with E-state index in [1.54, 1.807) is 0 Å². The van der Waals surface area contributed by atoms with Crippen LogP contribution in [-0.4, -0.2) is 38.4 Å². The number of amides is 1. The summed E-state index contributed by atoms with van der Waals surface area (Å²) in [4.78, 5) is 29.2. The van der Waals surface area contributed by atoms with E-state index in [0.29, 0.717) is 5.13 Å². The van der Waals surface area contributed by atoms with Gasteiger partial charge in [0.1, 0.15) is 0 Å². The SMILES string of the molecule is CCc1ccc(-c2csc(NC(=O)[C@@H](C)OC(=O)c3cccc(S(=O)(=O)NC)c3)n2)cc1. The molecule has 10 heteroatoms. The number of hydrogen-bond acceptors (Lipinski definition) is 7. The topological polar surface area (TPSA) is 114 Å². The average Bonchev–Trinajstić information content (AvgIpc) is 3.27. The largest absolute Gasteiger partial charge is 0.449 e. The number of esters is 1. The molecule has 0 spiro atoms. The summed E-state index contributed by atoms with van der Waals surface area (Å²) in [5.74, 6) is -1.35. The van der Waals surface area contributed by atoms with Gasteiger partial charge in [0.15, 0.2) is 11.2 Å². The molecule has 0 bridgehead atoms. The highest BCUT2D eigenvalue weighted by Gasteiger charge is 2.21. The molecule has 0 aliphatic rings. The molecule has 0 saturated heterocycles. The quantitative estimate of drug-likeness (QED) is 0.484. The summed E-state index contributed by atoms with van der Waals surface area (Å²) in [6.45, 7) is 3.51. The van der Waals surface area contributed by atoms with E-state index in [2.05, 4.69) is 21.9 Å². The number of aryl methyl sites for hydroxylation is 1. The highest BCUT2D eigenvalue weighted by atomic mass is 32.2. The Kier molecular flexibility index (Phi) is 7.39. The molecular formula is C22H23N3O5S2. The molecule has 0 unspecified atom stereocenters. The molecule has 1 heterocycles. The Bertz CT molecular complexity index is 1220. The van der Waals surface area contributed by atoms with Crippen molar-refractivity contribution in [2.45, 2.75) is 31.3 Å². The number of carbonyl (C=O) groups excluding carboxylic acids is 2. The first-order valence-electron chi connectivity index (χ1n) is 9.83. The molecule has 3 rings (SSSR count). The molecule has 3 aromatic rings. The molecule has 0 aliphatic carbocycles. The zero-order valence-electron chi connectivity index (χ0n) is 17.8. The normalized spacial score (nSPS) is 12.2. The molecule has 168 valence electrons. The number of sulfonamides is 1. The standard InChI is InChI=1S/C22H23N3O5S2/c1-4-15-8-10-16(11-9-15)19-13-31-22(24-19)25-20(26)14(2)30-21(27)17-6-5-7-18(12-17)32(28,29)23-3/h5-14,23H,4H2,1-3H3,(H,24,25,26)/t14-/m1/s1. The van der Waals surface area contributed by atoms with Crippen molar-refractivity contribution in [2.24, 2.45) is 0 Å². The number of rotatable bonds is 8. The van der Waals surface area contributed by atoms with E-state index in [1.165, 1.54) is 55.1 Å². The Labute approximate surface area is 190 Å². The van der Waals surface area contributed by atoms with Gasteiger partial charge in [-0.1, -0.05) is 37.3 Å². The molecule has 32 heavy (non-hydrogen) atoms. The summed E-state index contributed by atoms with van der Waals surface area (Å²) in [5.41, 5.74) is 2.92. The number of carbonyl (C=O) groups is 2. The van der Waals surface area contributed by atoms with Gasteiger partial charge in [0, 0.05) is 10.9 Å². The maximum absolute atomic E-state index is 12.5. The van der Waals surface area contributed by atoms with Gasteiger partial charge in [-0.2, -0.15) is 0 Å². The minimum absolute atomic E-state index is 0.0213. The van der Waals surface area contributed by atoms with Crippen LogP contribution in [0.15, 0.2) is 58.8 Å².